The summed E-state index contributed by atoms with van der Waals surface area (Å²) in [4.78, 5) is 4.39. The summed E-state index contributed by atoms with van der Waals surface area (Å²) in [6, 6.07) is 3.90. The molecule has 0 amide bonds. The number of rotatable bonds is 7. The molecule has 1 rings (SSSR count). The van der Waals surface area contributed by atoms with E-state index in [0.29, 0.717) is 0 Å². The smallest absolute Gasteiger partial charge is 0.213 e. The van der Waals surface area contributed by atoms with Gasteiger partial charge in [-0.2, -0.15) is 0 Å². The number of pyridine rings is 1. The monoisotopic (exact) mass is 299 g/mol. The van der Waals surface area contributed by atoms with E-state index in [9.17, 15) is 0 Å². The molecule has 0 saturated carbocycles. The molecular weight excluding hydrogens is 278 g/mol. The van der Waals surface area contributed by atoms with Gasteiger partial charge in [-0.05, 0) is 48.7 Å². The van der Waals surface area contributed by atoms with Crippen LogP contribution in [0.25, 0.3) is 0 Å². The van der Waals surface area contributed by atoms with E-state index in [1.54, 1.807) is 0 Å². The summed E-state index contributed by atoms with van der Waals surface area (Å²) < 4.78 is 6.83. The first kappa shape index (κ1) is 14.5. The Balaban J connectivity index is 2.34. The first-order valence-corrected chi connectivity index (χ1v) is 7.22. The highest BCUT2D eigenvalue weighted by atomic mass is 79.9. The number of ether oxygens (including phenoxy) is 1. The highest BCUT2D eigenvalue weighted by Gasteiger charge is 2.06. The Morgan fingerprint density at radius 3 is 2.71 bits per heavy atom. The van der Waals surface area contributed by atoms with Gasteiger partial charge in [-0.15, -0.1) is 0 Å². The van der Waals surface area contributed by atoms with Gasteiger partial charge in [0.15, 0.2) is 0 Å². The van der Waals surface area contributed by atoms with Crippen LogP contribution in [0.2, 0.25) is 0 Å². The summed E-state index contributed by atoms with van der Waals surface area (Å²) in [5.74, 6) is 0.730. The Bertz CT molecular complexity index is 341. The second-order valence-electron chi connectivity index (χ2n) is 4.49. The second-order valence-corrected chi connectivity index (χ2v) is 5.35. The number of hydrogen-bond donors (Lipinski definition) is 0. The van der Waals surface area contributed by atoms with Crippen LogP contribution in [-0.2, 0) is 0 Å². The number of halogens is 1. The van der Waals surface area contributed by atoms with Crippen molar-refractivity contribution in [1.82, 2.24) is 4.98 Å². The van der Waals surface area contributed by atoms with Crippen molar-refractivity contribution in [2.75, 3.05) is 0 Å². The number of unbranched alkanes of at least 4 members (excludes halogenated alkanes) is 3. The molecule has 0 radical (unpaired) electrons. The lowest BCUT2D eigenvalue weighted by molar-refractivity contribution is 0.198. The molecule has 3 heteroatoms. The van der Waals surface area contributed by atoms with Crippen LogP contribution in [0.1, 0.15) is 51.6 Å². The van der Waals surface area contributed by atoms with Crippen molar-refractivity contribution in [1.29, 1.82) is 0 Å². The molecule has 0 aliphatic rings. The van der Waals surface area contributed by atoms with Gasteiger partial charge in [-0.25, -0.2) is 4.98 Å². The average molecular weight is 300 g/mol. The normalized spacial score (nSPS) is 12.5. The van der Waals surface area contributed by atoms with E-state index in [1.807, 2.05) is 19.1 Å². The lowest BCUT2D eigenvalue weighted by Crippen LogP contribution is -2.12. The third-order valence-electron chi connectivity index (χ3n) is 2.78. The van der Waals surface area contributed by atoms with Crippen LogP contribution in [-0.4, -0.2) is 11.1 Å². The van der Waals surface area contributed by atoms with Gasteiger partial charge in [0.2, 0.25) is 5.88 Å². The summed E-state index contributed by atoms with van der Waals surface area (Å²) in [7, 11) is 0. The molecular formula is C14H22BrNO. The predicted octanol–water partition coefficient (Wildman–Crippen LogP) is 4.89. The summed E-state index contributed by atoms with van der Waals surface area (Å²) in [6.45, 7) is 6.32. The third kappa shape index (κ3) is 5.53. The highest BCUT2D eigenvalue weighted by Crippen LogP contribution is 2.19. The van der Waals surface area contributed by atoms with Crippen LogP contribution < -0.4 is 4.74 Å². The van der Waals surface area contributed by atoms with Gasteiger partial charge in [0, 0.05) is 10.5 Å². The standard InChI is InChI=1S/C14H22BrNO/c1-4-5-6-7-8-11(2)17-14-10-9-13(15)12(3)16-14/h9-11H,4-8H2,1-3H3. The van der Waals surface area contributed by atoms with Gasteiger partial charge >= 0.3 is 0 Å². The van der Waals surface area contributed by atoms with E-state index in [-0.39, 0.29) is 6.10 Å². The molecule has 0 bridgehead atoms. The highest BCUT2D eigenvalue weighted by molar-refractivity contribution is 9.10. The summed E-state index contributed by atoms with van der Waals surface area (Å²) in [5, 5.41) is 0. The molecule has 0 spiro atoms. The minimum absolute atomic E-state index is 0.250. The van der Waals surface area contributed by atoms with Crippen molar-refractivity contribution in [3.63, 3.8) is 0 Å². The summed E-state index contributed by atoms with van der Waals surface area (Å²) in [5.41, 5.74) is 0.973. The van der Waals surface area contributed by atoms with E-state index >= 15 is 0 Å². The van der Waals surface area contributed by atoms with Crippen LogP contribution in [0.3, 0.4) is 0 Å². The van der Waals surface area contributed by atoms with Crippen molar-refractivity contribution < 1.29 is 4.74 Å². The van der Waals surface area contributed by atoms with E-state index in [2.05, 4.69) is 34.8 Å². The molecule has 1 atom stereocenters. The average Bonchev–Trinajstić information content (AvgIpc) is 2.30. The number of nitrogens with zero attached hydrogens (tertiary/aromatic N) is 1. The summed E-state index contributed by atoms with van der Waals surface area (Å²) >= 11 is 3.44. The van der Waals surface area contributed by atoms with Gasteiger partial charge in [0.1, 0.15) is 0 Å². The van der Waals surface area contributed by atoms with E-state index in [1.165, 1.54) is 25.7 Å². The van der Waals surface area contributed by atoms with Crippen LogP contribution in [0.5, 0.6) is 5.88 Å². The maximum absolute atomic E-state index is 5.80. The maximum Gasteiger partial charge on any atom is 0.213 e. The lowest BCUT2D eigenvalue weighted by Gasteiger charge is -2.14. The van der Waals surface area contributed by atoms with Crippen LogP contribution in [0, 0.1) is 6.92 Å². The van der Waals surface area contributed by atoms with Gasteiger partial charge < -0.3 is 4.74 Å². The molecule has 96 valence electrons. The maximum atomic E-state index is 5.80. The van der Waals surface area contributed by atoms with Crippen molar-refractivity contribution in [3.8, 4) is 5.88 Å². The van der Waals surface area contributed by atoms with Gasteiger partial charge in [-0.3, -0.25) is 0 Å². The second kappa shape index (κ2) is 7.70. The lowest BCUT2D eigenvalue weighted by atomic mass is 10.1. The van der Waals surface area contributed by atoms with Gasteiger partial charge in [0.25, 0.3) is 0 Å². The molecule has 1 unspecified atom stereocenters. The fourth-order valence-electron chi connectivity index (χ4n) is 1.71. The quantitative estimate of drug-likeness (QED) is 0.669. The van der Waals surface area contributed by atoms with Gasteiger partial charge in [0.05, 0.1) is 11.8 Å². The zero-order valence-electron chi connectivity index (χ0n) is 11.0. The molecule has 1 aromatic heterocycles. The van der Waals surface area contributed by atoms with Gasteiger partial charge in [-0.1, -0.05) is 26.2 Å². The Kier molecular flexibility index (Phi) is 6.56. The SMILES string of the molecule is CCCCCCC(C)Oc1ccc(Br)c(C)n1. The molecule has 0 aliphatic heterocycles. The molecule has 0 aromatic carbocycles. The number of hydrogen-bond acceptors (Lipinski definition) is 2. The Labute approximate surface area is 113 Å². The van der Waals surface area contributed by atoms with E-state index in [0.717, 1.165) is 22.5 Å². The van der Waals surface area contributed by atoms with Crippen molar-refractivity contribution in [2.24, 2.45) is 0 Å². The Hall–Kier alpha value is -0.570. The third-order valence-corrected chi connectivity index (χ3v) is 3.62. The Morgan fingerprint density at radius 1 is 1.29 bits per heavy atom. The molecule has 0 N–H and O–H groups in total. The van der Waals surface area contributed by atoms with Crippen LogP contribution in [0.4, 0.5) is 0 Å². The minimum atomic E-state index is 0.250. The minimum Gasteiger partial charge on any atom is -0.475 e. The van der Waals surface area contributed by atoms with Crippen LogP contribution >= 0.6 is 15.9 Å². The molecule has 0 saturated heterocycles. The number of aryl methyl sites for hydroxylation is 1. The number of aromatic nitrogens is 1. The molecule has 0 aliphatic carbocycles. The molecule has 17 heavy (non-hydrogen) atoms. The van der Waals surface area contributed by atoms with E-state index < -0.39 is 0 Å². The molecule has 1 aromatic rings. The molecule has 2 nitrogen and oxygen atoms in total. The van der Waals surface area contributed by atoms with Crippen LogP contribution in [0.15, 0.2) is 16.6 Å². The fourth-order valence-corrected chi connectivity index (χ4v) is 1.93. The summed E-state index contributed by atoms with van der Waals surface area (Å²) in [6.07, 6.45) is 6.50. The predicted molar refractivity (Wildman–Crippen MR) is 75.5 cm³/mol. The van der Waals surface area contributed by atoms with E-state index in [4.69, 9.17) is 4.74 Å². The Morgan fingerprint density at radius 2 is 2.06 bits per heavy atom. The van der Waals surface area contributed by atoms with Crippen molar-refractivity contribution in [2.45, 2.75) is 59.0 Å². The van der Waals surface area contributed by atoms with Crippen molar-refractivity contribution in [3.05, 3.63) is 22.3 Å². The zero-order valence-corrected chi connectivity index (χ0v) is 12.6. The first-order valence-electron chi connectivity index (χ1n) is 6.43. The topological polar surface area (TPSA) is 22.1 Å². The first-order chi connectivity index (χ1) is 8.13. The molecule has 0 fully saturated rings. The zero-order chi connectivity index (χ0) is 12.7. The fraction of sp³-hybridized carbons (Fsp3) is 0.643. The largest absolute Gasteiger partial charge is 0.475 e. The van der Waals surface area contributed by atoms with Crippen molar-refractivity contribution >= 4 is 15.9 Å². The molecule has 1 heterocycles.